The van der Waals surface area contributed by atoms with Crippen molar-refractivity contribution in [1.82, 2.24) is 0 Å². The van der Waals surface area contributed by atoms with E-state index in [1.165, 1.54) is 19.1 Å². The molecule has 0 aromatic carbocycles. The molecule has 4 rings (SSSR count). The Morgan fingerprint density at radius 1 is 1.27 bits per heavy atom. The molecule has 0 bridgehead atoms. The van der Waals surface area contributed by atoms with E-state index in [0.717, 1.165) is 0 Å². The number of aliphatic hydroxyl groups is 2. The Balaban J connectivity index is 1.72. The highest BCUT2D eigenvalue weighted by Crippen LogP contribution is 2.69. The number of hydrogen-bond acceptors (Lipinski definition) is 6. The number of ether oxygens (including phenoxy) is 1. The summed E-state index contributed by atoms with van der Waals surface area (Å²) in [6, 6.07) is 0. The van der Waals surface area contributed by atoms with Gasteiger partial charge >= 0.3 is 5.97 Å². The van der Waals surface area contributed by atoms with Crippen LogP contribution >= 0.6 is 0 Å². The summed E-state index contributed by atoms with van der Waals surface area (Å²) in [5.41, 5.74) is -5.23. The number of rotatable bonds is 3. The van der Waals surface area contributed by atoms with Gasteiger partial charge in [0.2, 0.25) is 5.78 Å². The summed E-state index contributed by atoms with van der Waals surface area (Å²) in [6.45, 7) is 4.12. The Hall–Kier alpha value is -1.86. The van der Waals surface area contributed by atoms with Crippen LogP contribution in [0.5, 0.6) is 0 Å². The zero-order valence-electron chi connectivity index (χ0n) is 17.6. The summed E-state index contributed by atoms with van der Waals surface area (Å²) in [6.07, 6.45) is 4.47. The summed E-state index contributed by atoms with van der Waals surface area (Å²) >= 11 is 0. The van der Waals surface area contributed by atoms with Crippen molar-refractivity contribution in [2.45, 2.75) is 70.2 Å². The molecule has 0 radical (unpaired) electrons. The number of fused-ring (bicyclic) bond motifs is 5. The smallest absolute Gasteiger partial charge is 0.303 e. The summed E-state index contributed by atoms with van der Waals surface area (Å²) in [5.74, 6) is -2.28. The number of carbonyl (C=O) groups excluding carboxylic acids is 3. The van der Waals surface area contributed by atoms with Crippen molar-refractivity contribution in [3.05, 3.63) is 23.8 Å². The summed E-state index contributed by atoms with van der Waals surface area (Å²) < 4.78 is 21.7. The molecular weight excluding hydrogens is 391 g/mol. The lowest BCUT2D eigenvalue weighted by Gasteiger charge is -2.62. The van der Waals surface area contributed by atoms with Gasteiger partial charge in [0.15, 0.2) is 18.1 Å². The summed E-state index contributed by atoms with van der Waals surface area (Å²) in [5, 5.41) is 22.6. The van der Waals surface area contributed by atoms with Gasteiger partial charge in [0.1, 0.15) is 5.60 Å². The highest BCUT2D eigenvalue weighted by atomic mass is 19.1. The first-order valence-corrected chi connectivity index (χ1v) is 10.6. The summed E-state index contributed by atoms with van der Waals surface area (Å²) in [7, 11) is 0. The SMILES string of the molecule is CC(=O)OCC(=O)[C@]1(O)CC[C@@H]2[C@H]3CCC4=CC(=O)C=C[C@]4(C)[C@]3(F)[C@@H](O)C[C@]21C. The molecular formula is C23H29FO6. The van der Waals surface area contributed by atoms with Crippen molar-refractivity contribution in [2.24, 2.45) is 22.7 Å². The fourth-order valence-electron chi connectivity index (χ4n) is 6.96. The second-order valence-electron chi connectivity index (χ2n) is 9.87. The van der Waals surface area contributed by atoms with E-state index in [1.807, 2.05) is 0 Å². The largest absolute Gasteiger partial charge is 0.458 e. The third-order valence-corrected chi connectivity index (χ3v) is 8.66. The zero-order valence-corrected chi connectivity index (χ0v) is 17.6. The molecule has 0 saturated heterocycles. The Morgan fingerprint density at radius 3 is 2.63 bits per heavy atom. The van der Waals surface area contributed by atoms with Crippen LogP contribution in [0.15, 0.2) is 23.8 Å². The first kappa shape index (κ1) is 21.4. The highest BCUT2D eigenvalue weighted by Gasteiger charge is 2.74. The van der Waals surface area contributed by atoms with Crippen LogP contribution in [0.1, 0.15) is 52.9 Å². The average Bonchev–Trinajstić information content (AvgIpc) is 2.94. The van der Waals surface area contributed by atoms with Gasteiger partial charge in [-0.3, -0.25) is 14.4 Å². The van der Waals surface area contributed by atoms with Crippen molar-refractivity contribution in [3.8, 4) is 0 Å². The molecule has 3 saturated carbocycles. The Bertz CT molecular complexity index is 879. The van der Waals surface area contributed by atoms with Crippen molar-refractivity contribution in [2.75, 3.05) is 6.61 Å². The minimum absolute atomic E-state index is 0.0857. The maximum atomic E-state index is 16.9. The van der Waals surface area contributed by atoms with Crippen LogP contribution in [0.25, 0.3) is 0 Å². The van der Waals surface area contributed by atoms with E-state index < -0.39 is 52.5 Å². The molecule has 4 aliphatic rings. The van der Waals surface area contributed by atoms with E-state index in [1.54, 1.807) is 19.9 Å². The average molecular weight is 420 g/mol. The van der Waals surface area contributed by atoms with Crippen molar-refractivity contribution < 1.29 is 33.7 Å². The van der Waals surface area contributed by atoms with E-state index in [0.29, 0.717) is 24.8 Å². The number of allylic oxidation sites excluding steroid dienone is 4. The number of carbonyl (C=O) groups is 3. The maximum Gasteiger partial charge on any atom is 0.303 e. The fourth-order valence-corrected chi connectivity index (χ4v) is 6.96. The molecule has 0 aliphatic heterocycles. The first-order valence-electron chi connectivity index (χ1n) is 10.6. The summed E-state index contributed by atoms with van der Waals surface area (Å²) in [4.78, 5) is 35.8. The second kappa shape index (κ2) is 6.57. The van der Waals surface area contributed by atoms with Gasteiger partial charge in [-0.2, -0.15) is 0 Å². The van der Waals surface area contributed by atoms with Gasteiger partial charge in [-0.1, -0.05) is 18.6 Å². The molecule has 0 amide bonds. The third-order valence-electron chi connectivity index (χ3n) is 8.66. The molecule has 0 aromatic rings. The number of aliphatic hydroxyl groups excluding tert-OH is 1. The second-order valence-corrected chi connectivity index (χ2v) is 9.87. The molecule has 164 valence electrons. The van der Waals surface area contributed by atoms with Crippen LogP contribution < -0.4 is 0 Å². The predicted octanol–water partition coefficient (Wildman–Crippen LogP) is 2.22. The monoisotopic (exact) mass is 420 g/mol. The molecule has 2 N–H and O–H groups in total. The number of Topliss-reactive ketones (excluding diaryl/α,β-unsaturated/α-hetero) is 1. The number of alkyl halides is 1. The van der Waals surface area contributed by atoms with Gasteiger partial charge in [-0.25, -0.2) is 4.39 Å². The van der Waals surface area contributed by atoms with Crippen LogP contribution in [0.2, 0.25) is 0 Å². The molecule has 7 atom stereocenters. The van der Waals surface area contributed by atoms with Gasteiger partial charge in [0.25, 0.3) is 0 Å². The number of esters is 1. The van der Waals surface area contributed by atoms with E-state index >= 15 is 4.39 Å². The van der Waals surface area contributed by atoms with Crippen molar-refractivity contribution in [3.63, 3.8) is 0 Å². The van der Waals surface area contributed by atoms with Crippen LogP contribution in [0, 0.1) is 22.7 Å². The van der Waals surface area contributed by atoms with Gasteiger partial charge in [0.05, 0.1) is 6.10 Å². The zero-order chi connectivity index (χ0) is 22.1. The Morgan fingerprint density at radius 2 is 1.97 bits per heavy atom. The lowest BCUT2D eigenvalue weighted by Crippen LogP contribution is -2.69. The van der Waals surface area contributed by atoms with E-state index in [9.17, 15) is 24.6 Å². The molecule has 0 heterocycles. The fraction of sp³-hybridized carbons (Fsp3) is 0.696. The number of hydrogen-bond donors (Lipinski definition) is 2. The standard InChI is InChI=1S/C23H29FO6/c1-13(25)30-12-19(28)22(29)9-7-16-17-5-4-14-10-15(26)6-8-20(14,2)23(17,24)18(27)11-21(16,22)3/h6,8,10,16-18,27,29H,4-5,7,9,11-12H2,1-3H3/t16-,17-,18+,20+,21-,22-,23-/m1/s1. The first-order chi connectivity index (χ1) is 13.9. The van der Waals surface area contributed by atoms with Gasteiger partial charge in [0, 0.05) is 23.7 Å². The minimum atomic E-state index is -2.00. The van der Waals surface area contributed by atoms with Crippen LogP contribution in [-0.2, 0) is 19.1 Å². The molecule has 7 heteroatoms. The molecule has 4 aliphatic carbocycles. The highest BCUT2D eigenvalue weighted by molar-refractivity contribution is 6.01. The van der Waals surface area contributed by atoms with E-state index in [4.69, 9.17) is 4.74 Å². The molecule has 6 nitrogen and oxygen atoms in total. The molecule has 0 unspecified atom stereocenters. The van der Waals surface area contributed by atoms with Crippen molar-refractivity contribution in [1.29, 1.82) is 0 Å². The normalized spacial score (nSPS) is 47.1. The van der Waals surface area contributed by atoms with Crippen LogP contribution in [0.4, 0.5) is 4.39 Å². The number of ketones is 2. The van der Waals surface area contributed by atoms with E-state index in [2.05, 4.69) is 0 Å². The lowest BCUT2D eigenvalue weighted by molar-refractivity contribution is -0.217. The van der Waals surface area contributed by atoms with Crippen molar-refractivity contribution >= 4 is 17.5 Å². The molecule has 0 aromatic heterocycles. The molecule has 3 fully saturated rings. The third kappa shape index (κ3) is 2.51. The number of halogens is 1. The van der Waals surface area contributed by atoms with Gasteiger partial charge in [-0.15, -0.1) is 0 Å². The molecule has 30 heavy (non-hydrogen) atoms. The minimum Gasteiger partial charge on any atom is -0.458 e. The Labute approximate surface area is 175 Å². The maximum absolute atomic E-state index is 16.9. The molecule has 0 spiro atoms. The van der Waals surface area contributed by atoms with Gasteiger partial charge in [-0.05, 0) is 57.1 Å². The topological polar surface area (TPSA) is 101 Å². The lowest BCUT2D eigenvalue weighted by atomic mass is 9.44. The van der Waals surface area contributed by atoms with Crippen LogP contribution in [0.3, 0.4) is 0 Å². The quantitative estimate of drug-likeness (QED) is 0.679. The van der Waals surface area contributed by atoms with Crippen LogP contribution in [-0.4, -0.2) is 51.7 Å². The predicted molar refractivity (Wildman–Crippen MR) is 105 cm³/mol. The Kier molecular flexibility index (Phi) is 4.68. The van der Waals surface area contributed by atoms with Gasteiger partial charge < -0.3 is 14.9 Å². The van der Waals surface area contributed by atoms with E-state index in [-0.39, 0.29) is 24.5 Å².